The van der Waals surface area contributed by atoms with Crippen LogP contribution in [0.5, 0.6) is 0 Å². The largest absolute Gasteiger partial charge is 0.315 e. The molecule has 1 aliphatic rings. The number of hydrogen-bond donors (Lipinski definition) is 1. The van der Waals surface area contributed by atoms with Crippen LogP contribution in [0.25, 0.3) is 0 Å². The van der Waals surface area contributed by atoms with E-state index in [1.807, 2.05) is 0 Å². The van der Waals surface area contributed by atoms with E-state index < -0.39 is 0 Å². The molecule has 15 heavy (non-hydrogen) atoms. The second kappa shape index (κ2) is 5.86. The van der Waals surface area contributed by atoms with Crippen LogP contribution < -0.4 is 5.32 Å². The Morgan fingerprint density at radius 1 is 1.20 bits per heavy atom. The Morgan fingerprint density at radius 2 is 1.87 bits per heavy atom. The summed E-state index contributed by atoms with van der Waals surface area (Å²) < 4.78 is 0. The summed E-state index contributed by atoms with van der Waals surface area (Å²) in [6.07, 6.45) is 4.23. The van der Waals surface area contributed by atoms with Gasteiger partial charge in [-0.15, -0.1) is 0 Å². The van der Waals surface area contributed by atoms with Crippen molar-refractivity contribution in [2.45, 2.75) is 39.2 Å². The number of likely N-dealkylation sites (N-methyl/N-ethyl adjacent to an activating group) is 2. The minimum Gasteiger partial charge on any atom is -0.315 e. The molecule has 2 nitrogen and oxygen atoms in total. The van der Waals surface area contributed by atoms with Gasteiger partial charge in [0.25, 0.3) is 0 Å². The molecule has 0 bridgehead atoms. The average molecular weight is 212 g/mol. The lowest BCUT2D eigenvalue weighted by atomic mass is 9.73. The second-order valence-corrected chi connectivity index (χ2v) is 5.69. The molecule has 1 saturated carbocycles. The molecule has 1 aliphatic carbocycles. The zero-order valence-corrected chi connectivity index (χ0v) is 11.1. The third kappa shape index (κ3) is 3.76. The molecule has 0 spiro atoms. The second-order valence-electron chi connectivity index (χ2n) is 5.69. The van der Waals surface area contributed by atoms with Crippen molar-refractivity contribution in [3.8, 4) is 0 Å². The third-order valence-corrected chi connectivity index (χ3v) is 4.14. The normalized spacial score (nSPS) is 34.4. The van der Waals surface area contributed by atoms with E-state index in [-0.39, 0.29) is 0 Å². The average Bonchev–Trinajstić information content (AvgIpc) is 2.18. The van der Waals surface area contributed by atoms with E-state index in [4.69, 9.17) is 0 Å². The smallest absolute Gasteiger partial charge is 0.0220 e. The van der Waals surface area contributed by atoms with Gasteiger partial charge in [0.15, 0.2) is 0 Å². The molecule has 0 aromatic carbocycles. The van der Waals surface area contributed by atoms with Gasteiger partial charge in [0.05, 0.1) is 0 Å². The van der Waals surface area contributed by atoms with Crippen LogP contribution in [0, 0.1) is 17.8 Å². The predicted octanol–water partition coefficient (Wildman–Crippen LogP) is 2.21. The van der Waals surface area contributed by atoms with Crippen LogP contribution in [0.15, 0.2) is 0 Å². The molecule has 0 aliphatic heterocycles. The SMILES string of the molecule is CNC(CN(C)C)C1CCC(C)C(C)C1. The molecular weight excluding hydrogens is 184 g/mol. The molecule has 0 heterocycles. The van der Waals surface area contributed by atoms with E-state index in [0.717, 1.165) is 17.8 Å². The van der Waals surface area contributed by atoms with Crippen molar-refractivity contribution >= 4 is 0 Å². The Hall–Kier alpha value is -0.0800. The minimum atomic E-state index is 0.676. The Labute approximate surface area is 95.4 Å². The van der Waals surface area contributed by atoms with E-state index in [0.29, 0.717) is 6.04 Å². The molecule has 1 fully saturated rings. The first-order valence-electron chi connectivity index (χ1n) is 6.36. The Morgan fingerprint density at radius 3 is 2.33 bits per heavy atom. The van der Waals surface area contributed by atoms with Gasteiger partial charge in [-0.2, -0.15) is 0 Å². The summed E-state index contributed by atoms with van der Waals surface area (Å²) in [5.41, 5.74) is 0. The first-order chi connectivity index (χ1) is 7.04. The zero-order chi connectivity index (χ0) is 11.4. The first-order valence-corrected chi connectivity index (χ1v) is 6.36. The van der Waals surface area contributed by atoms with Gasteiger partial charge in [0.1, 0.15) is 0 Å². The molecule has 0 saturated heterocycles. The van der Waals surface area contributed by atoms with Crippen LogP contribution in [-0.4, -0.2) is 38.6 Å². The predicted molar refractivity (Wildman–Crippen MR) is 67.1 cm³/mol. The lowest BCUT2D eigenvalue weighted by Gasteiger charge is -2.37. The van der Waals surface area contributed by atoms with Crippen LogP contribution in [0.4, 0.5) is 0 Å². The summed E-state index contributed by atoms with van der Waals surface area (Å²) in [7, 11) is 6.44. The number of rotatable bonds is 4. The van der Waals surface area contributed by atoms with Crippen LogP contribution in [0.1, 0.15) is 33.1 Å². The van der Waals surface area contributed by atoms with Crippen LogP contribution in [-0.2, 0) is 0 Å². The minimum absolute atomic E-state index is 0.676. The first kappa shape index (κ1) is 13.0. The fraction of sp³-hybridized carbons (Fsp3) is 1.00. The summed E-state index contributed by atoms with van der Waals surface area (Å²) in [5.74, 6) is 2.71. The maximum absolute atomic E-state index is 3.50. The summed E-state index contributed by atoms with van der Waals surface area (Å²) in [6, 6.07) is 0.676. The molecule has 0 amide bonds. The van der Waals surface area contributed by atoms with Crippen molar-refractivity contribution in [3.63, 3.8) is 0 Å². The lowest BCUT2D eigenvalue weighted by molar-refractivity contribution is 0.157. The molecular formula is C13H28N2. The van der Waals surface area contributed by atoms with Gasteiger partial charge >= 0.3 is 0 Å². The van der Waals surface area contributed by atoms with E-state index >= 15 is 0 Å². The topological polar surface area (TPSA) is 15.3 Å². The quantitative estimate of drug-likeness (QED) is 0.768. The molecule has 90 valence electrons. The van der Waals surface area contributed by atoms with Gasteiger partial charge in [0, 0.05) is 12.6 Å². The standard InChI is InChI=1S/C13H28N2/c1-10-6-7-12(8-11(10)2)13(14-3)9-15(4)5/h10-14H,6-9H2,1-5H3. The fourth-order valence-corrected chi connectivity index (χ4v) is 2.82. The maximum atomic E-state index is 3.50. The van der Waals surface area contributed by atoms with Gasteiger partial charge in [-0.1, -0.05) is 20.3 Å². The van der Waals surface area contributed by atoms with E-state index in [1.54, 1.807) is 0 Å². The summed E-state index contributed by atoms with van der Waals surface area (Å²) in [5, 5.41) is 3.50. The third-order valence-electron chi connectivity index (χ3n) is 4.14. The monoisotopic (exact) mass is 212 g/mol. The van der Waals surface area contributed by atoms with Crippen molar-refractivity contribution in [2.75, 3.05) is 27.7 Å². The van der Waals surface area contributed by atoms with Crippen molar-refractivity contribution < 1.29 is 0 Å². The van der Waals surface area contributed by atoms with Crippen LogP contribution in [0.3, 0.4) is 0 Å². The molecule has 0 radical (unpaired) electrons. The molecule has 4 atom stereocenters. The fourth-order valence-electron chi connectivity index (χ4n) is 2.82. The Balaban J connectivity index is 2.47. The van der Waals surface area contributed by atoms with E-state index in [1.165, 1.54) is 25.8 Å². The molecule has 0 aromatic heterocycles. The molecule has 1 N–H and O–H groups in total. The summed E-state index contributed by atoms with van der Waals surface area (Å²) in [6.45, 7) is 5.99. The zero-order valence-electron chi connectivity index (χ0n) is 11.1. The highest BCUT2D eigenvalue weighted by atomic mass is 15.1. The number of nitrogens with zero attached hydrogens (tertiary/aromatic N) is 1. The van der Waals surface area contributed by atoms with E-state index in [2.05, 4.69) is 45.2 Å². The number of hydrogen-bond acceptors (Lipinski definition) is 2. The van der Waals surface area contributed by atoms with Gasteiger partial charge in [0.2, 0.25) is 0 Å². The van der Waals surface area contributed by atoms with Crippen molar-refractivity contribution in [3.05, 3.63) is 0 Å². The van der Waals surface area contributed by atoms with Gasteiger partial charge in [-0.25, -0.2) is 0 Å². The summed E-state index contributed by atoms with van der Waals surface area (Å²) in [4.78, 5) is 2.30. The van der Waals surface area contributed by atoms with Gasteiger partial charge < -0.3 is 10.2 Å². The van der Waals surface area contributed by atoms with Gasteiger partial charge in [-0.05, 0) is 51.7 Å². The maximum Gasteiger partial charge on any atom is 0.0220 e. The highest BCUT2D eigenvalue weighted by Crippen LogP contribution is 2.34. The van der Waals surface area contributed by atoms with Crippen molar-refractivity contribution in [2.24, 2.45) is 17.8 Å². The van der Waals surface area contributed by atoms with Crippen molar-refractivity contribution in [1.29, 1.82) is 0 Å². The Kier molecular flexibility index (Phi) is 5.07. The molecule has 1 rings (SSSR count). The summed E-state index contributed by atoms with van der Waals surface area (Å²) >= 11 is 0. The molecule has 0 aromatic rings. The van der Waals surface area contributed by atoms with Crippen LogP contribution >= 0.6 is 0 Å². The highest BCUT2D eigenvalue weighted by Gasteiger charge is 2.29. The molecule has 4 unspecified atom stereocenters. The van der Waals surface area contributed by atoms with Crippen LogP contribution in [0.2, 0.25) is 0 Å². The number of nitrogens with one attached hydrogen (secondary N) is 1. The van der Waals surface area contributed by atoms with Gasteiger partial charge in [-0.3, -0.25) is 0 Å². The Bertz CT molecular complexity index is 179. The highest BCUT2D eigenvalue weighted by molar-refractivity contribution is 4.84. The molecule has 2 heteroatoms. The van der Waals surface area contributed by atoms with E-state index in [9.17, 15) is 0 Å². The van der Waals surface area contributed by atoms with Crippen molar-refractivity contribution in [1.82, 2.24) is 10.2 Å². The lowest BCUT2D eigenvalue weighted by Crippen LogP contribution is -2.44.